The zero-order valence-electron chi connectivity index (χ0n) is 19.3. The summed E-state index contributed by atoms with van der Waals surface area (Å²) in [5.74, 6) is -1.21. The number of aliphatic carboxylic acids is 1. The van der Waals surface area contributed by atoms with Crippen molar-refractivity contribution in [3.05, 3.63) is 98.5 Å². The van der Waals surface area contributed by atoms with Crippen LogP contribution in [0.15, 0.2) is 71.7 Å². The van der Waals surface area contributed by atoms with E-state index in [1.54, 1.807) is 24.3 Å². The molecule has 0 unspecified atom stereocenters. The Balaban J connectivity index is 1.60. The van der Waals surface area contributed by atoms with Gasteiger partial charge in [-0.1, -0.05) is 71.2 Å². The minimum atomic E-state index is -1.06. The van der Waals surface area contributed by atoms with E-state index in [1.165, 1.54) is 0 Å². The Bertz CT molecular complexity index is 1300. The van der Waals surface area contributed by atoms with E-state index < -0.39 is 12.5 Å². The van der Waals surface area contributed by atoms with E-state index in [9.17, 15) is 14.7 Å². The summed E-state index contributed by atoms with van der Waals surface area (Å²) >= 11 is 18.5. The largest absolute Gasteiger partial charge is 0.480 e. The highest BCUT2D eigenvalue weighted by atomic mass is 35.5. The van der Waals surface area contributed by atoms with Gasteiger partial charge in [-0.05, 0) is 55.3 Å². The van der Waals surface area contributed by atoms with Crippen molar-refractivity contribution in [3.8, 4) is 0 Å². The quantitative estimate of drug-likeness (QED) is 0.332. The lowest BCUT2D eigenvalue weighted by atomic mass is 10.00. The van der Waals surface area contributed by atoms with Crippen molar-refractivity contribution in [2.75, 3.05) is 18.4 Å². The first-order chi connectivity index (χ1) is 17.3. The van der Waals surface area contributed by atoms with Crippen LogP contribution in [-0.4, -0.2) is 46.7 Å². The van der Waals surface area contributed by atoms with Crippen LogP contribution in [0, 0.1) is 0 Å². The van der Waals surface area contributed by atoms with Crippen molar-refractivity contribution in [2.24, 2.45) is 4.99 Å². The number of carboxylic acid groups (broad SMARTS) is 1. The highest BCUT2D eigenvalue weighted by Crippen LogP contribution is 2.28. The molecule has 1 heterocycles. The van der Waals surface area contributed by atoms with E-state index in [2.05, 4.69) is 15.2 Å². The number of carbonyl (C=O) groups is 2. The number of hydrogen-bond acceptors (Lipinski definition) is 4. The Morgan fingerprint density at radius 1 is 1.00 bits per heavy atom. The third kappa shape index (κ3) is 6.45. The van der Waals surface area contributed by atoms with Gasteiger partial charge in [-0.15, -0.1) is 0 Å². The zero-order valence-corrected chi connectivity index (χ0v) is 21.5. The molecule has 186 valence electrons. The van der Waals surface area contributed by atoms with E-state index in [0.717, 1.165) is 24.1 Å². The number of rotatable bonds is 8. The van der Waals surface area contributed by atoms with E-state index in [0.29, 0.717) is 45.0 Å². The van der Waals surface area contributed by atoms with E-state index in [1.807, 2.05) is 42.5 Å². The number of hydrogen-bond donors (Lipinski definition) is 2. The summed E-state index contributed by atoms with van der Waals surface area (Å²) < 4.78 is 0. The summed E-state index contributed by atoms with van der Waals surface area (Å²) in [5.41, 5.74) is 3.20. The van der Waals surface area contributed by atoms with Crippen LogP contribution in [-0.2, 0) is 16.1 Å². The molecule has 3 aromatic carbocycles. The first-order valence-electron chi connectivity index (χ1n) is 11.4. The van der Waals surface area contributed by atoms with Gasteiger partial charge in [0.1, 0.15) is 6.54 Å². The van der Waals surface area contributed by atoms with E-state index >= 15 is 0 Å². The van der Waals surface area contributed by atoms with Crippen LogP contribution in [0.1, 0.15) is 29.5 Å². The van der Waals surface area contributed by atoms with Gasteiger partial charge in [-0.25, -0.2) is 0 Å². The van der Waals surface area contributed by atoms with Gasteiger partial charge >= 0.3 is 5.97 Å². The van der Waals surface area contributed by atoms with Crippen molar-refractivity contribution >= 4 is 58.1 Å². The topological polar surface area (TPSA) is 82.0 Å². The highest BCUT2D eigenvalue weighted by molar-refractivity contribution is 6.42. The Morgan fingerprint density at radius 2 is 1.78 bits per heavy atom. The number of aliphatic imine (C=N–C) groups is 1. The molecular formula is C27H24Cl3N3O3. The summed E-state index contributed by atoms with van der Waals surface area (Å²) in [6.07, 6.45) is 1.61. The molecule has 0 aliphatic carbocycles. The van der Waals surface area contributed by atoms with Gasteiger partial charge in [0.25, 0.3) is 0 Å². The van der Waals surface area contributed by atoms with Crippen LogP contribution >= 0.6 is 34.8 Å². The maximum absolute atomic E-state index is 13.4. The molecule has 0 saturated carbocycles. The highest BCUT2D eigenvalue weighted by Gasteiger charge is 2.31. The SMILES string of the molecule is O=C(O)CN=C(c1ccccc1)c1cc(Cl)ccc1NC(=O)[C@@H]1CCCN1Cc1ccc(Cl)c(Cl)c1. The predicted octanol–water partition coefficient (Wildman–Crippen LogP) is 6.17. The molecule has 3 aromatic rings. The molecule has 1 aliphatic rings. The Kier molecular flexibility index (Phi) is 8.64. The molecule has 0 bridgehead atoms. The van der Waals surface area contributed by atoms with Crippen molar-refractivity contribution in [1.29, 1.82) is 0 Å². The second-order valence-corrected chi connectivity index (χ2v) is 9.73. The zero-order chi connectivity index (χ0) is 25.7. The van der Waals surface area contributed by atoms with Crippen LogP contribution < -0.4 is 5.32 Å². The van der Waals surface area contributed by atoms with Gasteiger partial charge in [0.15, 0.2) is 0 Å². The summed E-state index contributed by atoms with van der Waals surface area (Å²) in [4.78, 5) is 31.1. The number of nitrogens with zero attached hydrogens (tertiary/aromatic N) is 2. The summed E-state index contributed by atoms with van der Waals surface area (Å²) in [6.45, 7) is 0.934. The lowest BCUT2D eigenvalue weighted by molar-refractivity contribution is -0.135. The second kappa shape index (κ2) is 11.9. The number of carboxylic acids is 1. The van der Waals surface area contributed by atoms with Crippen LogP contribution in [0.4, 0.5) is 5.69 Å². The lowest BCUT2D eigenvalue weighted by Gasteiger charge is -2.24. The first kappa shape index (κ1) is 26.2. The van der Waals surface area contributed by atoms with Gasteiger partial charge < -0.3 is 10.4 Å². The minimum absolute atomic E-state index is 0.151. The molecule has 36 heavy (non-hydrogen) atoms. The van der Waals surface area contributed by atoms with Crippen molar-refractivity contribution in [1.82, 2.24) is 4.90 Å². The fraction of sp³-hybridized carbons (Fsp3) is 0.222. The van der Waals surface area contributed by atoms with Gasteiger partial charge in [-0.2, -0.15) is 0 Å². The summed E-state index contributed by atoms with van der Waals surface area (Å²) in [7, 11) is 0. The smallest absolute Gasteiger partial charge is 0.325 e. The number of carbonyl (C=O) groups excluding carboxylic acids is 1. The van der Waals surface area contributed by atoms with Crippen LogP contribution in [0.25, 0.3) is 0 Å². The number of amides is 1. The third-order valence-corrected chi connectivity index (χ3v) is 6.92. The number of anilines is 1. The van der Waals surface area contributed by atoms with Crippen molar-refractivity contribution < 1.29 is 14.7 Å². The van der Waals surface area contributed by atoms with Crippen LogP contribution in [0.2, 0.25) is 15.1 Å². The van der Waals surface area contributed by atoms with Gasteiger partial charge in [0.05, 0.1) is 27.5 Å². The number of likely N-dealkylation sites (tertiary alicyclic amines) is 1. The molecule has 0 spiro atoms. The molecule has 6 nitrogen and oxygen atoms in total. The fourth-order valence-corrected chi connectivity index (χ4v) is 4.79. The maximum Gasteiger partial charge on any atom is 0.325 e. The normalized spacial score (nSPS) is 16.2. The number of halogens is 3. The van der Waals surface area contributed by atoms with Gasteiger partial charge in [-0.3, -0.25) is 19.5 Å². The molecular weight excluding hydrogens is 521 g/mol. The average molecular weight is 545 g/mol. The van der Waals surface area contributed by atoms with Gasteiger partial charge in [0, 0.05) is 22.7 Å². The molecule has 1 aliphatic heterocycles. The van der Waals surface area contributed by atoms with Crippen molar-refractivity contribution in [3.63, 3.8) is 0 Å². The average Bonchev–Trinajstić information content (AvgIpc) is 3.32. The van der Waals surface area contributed by atoms with E-state index in [-0.39, 0.29) is 11.9 Å². The summed E-state index contributed by atoms with van der Waals surface area (Å²) in [5, 5.41) is 13.7. The molecule has 2 N–H and O–H groups in total. The number of benzene rings is 3. The molecule has 1 fully saturated rings. The summed E-state index contributed by atoms with van der Waals surface area (Å²) in [6, 6.07) is 19.5. The Morgan fingerprint density at radius 3 is 2.50 bits per heavy atom. The fourth-order valence-electron chi connectivity index (χ4n) is 4.30. The Labute approximate surface area is 224 Å². The second-order valence-electron chi connectivity index (χ2n) is 8.48. The third-order valence-electron chi connectivity index (χ3n) is 5.95. The lowest BCUT2D eigenvalue weighted by Crippen LogP contribution is -2.39. The van der Waals surface area contributed by atoms with E-state index in [4.69, 9.17) is 34.8 Å². The monoisotopic (exact) mass is 543 g/mol. The van der Waals surface area contributed by atoms with Crippen LogP contribution in [0.3, 0.4) is 0 Å². The number of nitrogens with one attached hydrogen (secondary N) is 1. The first-order valence-corrected chi connectivity index (χ1v) is 12.6. The van der Waals surface area contributed by atoms with Crippen molar-refractivity contribution in [2.45, 2.75) is 25.4 Å². The molecule has 0 radical (unpaired) electrons. The van der Waals surface area contributed by atoms with Gasteiger partial charge in [0.2, 0.25) is 5.91 Å². The molecule has 1 amide bonds. The molecule has 0 aromatic heterocycles. The van der Waals surface area contributed by atoms with Crippen LogP contribution in [0.5, 0.6) is 0 Å². The molecule has 9 heteroatoms. The Hall–Kier alpha value is -2.90. The minimum Gasteiger partial charge on any atom is -0.480 e. The maximum atomic E-state index is 13.4. The molecule has 1 atom stereocenters. The standard InChI is InChI=1S/C27H24Cl3N3O3/c28-19-9-11-23(20(14-19)26(31-15-25(34)35)18-5-2-1-3-6-18)32-27(36)24-7-4-12-33(24)16-17-8-10-21(29)22(30)13-17/h1-3,5-6,8-11,13-14,24H,4,7,12,15-16H2,(H,32,36)(H,34,35)/t24-/m0/s1. The predicted molar refractivity (Wildman–Crippen MR) is 145 cm³/mol. The molecule has 1 saturated heterocycles. The molecule has 4 rings (SSSR count).